The lowest BCUT2D eigenvalue weighted by Crippen LogP contribution is -2.21. The Kier molecular flexibility index (Phi) is 3.96. The van der Waals surface area contributed by atoms with Crippen LogP contribution in [0.25, 0.3) is 11.4 Å². The van der Waals surface area contributed by atoms with E-state index in [0.29, 0.717) is 27.4 Å². The first kappa shape index (κ1) is 13.9. The molecule has 2 heterocycles. The van der Waals surface area contributed by atoms with Crippen molar-refractivity contribution >= 4 is 40.8 Å². The molecule has 1 aliphatic rings. The molecule has 104 valence electrons. The van der Waals surface area contributed by atoms with E-state index in [9.17, 15) is 0 Å². The van der Waals surface area contributed by atoms with Gasteiger partial charge in [-0.05, 0) is 36.6 Å². The monoisotopic (exact) mass is 328 g/mol. The molecule has 0 atom stereocenters. The highest BCUT2D eigenvalue weighted by atomic mass is 35.5. The van der Waals surface area contributed by atoms with Gasteiger partial charge in [-0.3, -0.25) is 0 Å². The van der Waals surface area contributed by atoms with Crippen molar-refractivity contribution in [2.75, 3.05) is 18.0 Å². The number of rotatable bonds is 2. The Morgan fingerprint density at radius 2 is 1.70 bits per heavy atom. The molecule has 1 aromatic heterocycles. The van der Waals surface area contributed by atoms with E-state index < -0.39 is 0 Å². The molecule has 7 heteroatoms. The fourth-order valence-electron chi connectivity index (χ4n) is 2.20. The van der Waals surface area contributed by atoms with Crippen LogP contribution in [0.1, 0.15) is 12.8 Å². The first-order chi connectivity index (χ1) is 9.65. The van der Waals surface area contributed by atoms with E-state index in [2.05, 4.69) is 19.9 Å². The van der Waals surface area contributed by atoms with Gasteiger partial charge in [0.05, 0.1) is 10.0 Å². The molecule has 0 N–H and O–H groups in total. The van der Waals surface area contributed by atoms with Gasteiger partial charge in [0.2, 0.25) is 11.2 Å². The number of aromatic nitrogens is 3. The molecule has 1 saturated heterocycles. The van der Waals surface area contributed by atoms with E-state index in [1.165, 1.54) is 0 Å². The Morgan fingerprint density at radius 3 is 2.45 bits per heavy atom. The molecule has 3 rings (SSSR count). The van der Waals surface area contributed by atoms with Crippen LogP contribution in [-0.2, 0) is 0 Å². The van der Waals surface area contributed by atoms with Crippen molar-refractivity contribution in [3.8, 4) is 11.4 Å². The average molecular weight is 330 g/mol. The Hall–Kier alpha value is -1.10. The molecular weight excluding hydrogens is 319 g/mol. The number of halogens is 3. The maximum atomic E-state index is 6.20. The Balaban J connectivity index is 2.07. The Bertz CT molecular complexity index is 642. The van der Waals surface area contributed by atoms with Crippen molar-refractivity contribution in [3.05, 3.63) is 33.5 Å². The minimum Gasteiger partial charge on any atom is -0.341 e. The second-order valence-electron chi connectivity index (χ2n) is 4.52. The molecule has 1 aromatic carbocycles. The van der Waals surface area contributed by atoms with Gasteiger partial charge in [0.1, 0.15) is 0 Å². The van der Waals surface area contributed by atoms with Crippen LogP contribution in [-0.4, -0.2) is 28.0 Å². The zero-order valence-electron chi connectivity index (χ0n) is 10.5. The summed E-state index contributed by atoms with van der Waals surface area (Å²) in [6.07, 6.45) is 2.27. The summed E-state index contributed by atoms with van der Waals surface area (Å²) in [6, 6.07) is 5.34. The second-order valence-corrected chi connectivity index (χ2v) is 5.65. The van der Waals surface area contributed by atoms with E-state index in [4.69, 9.17) is 34.8 Å². The van der Waals surface area contributed by atoms with Crippen LogP contribution < -0.4 is 4.90 Å². The molecule has 0 saturated carbocycles. The van der Waals surface area contributed by atoms with Gasteiger partial charge in [0, 0.05) is 18.7 Å². The number of hydrogen-bond donors (Lipinski definition) is 0. The summed E-state index contributed by atoms with van der Waals surface area (Å²) < 4.78 is 0. The molecule has 20 heavy (non-hydrogen) atoms. The van der Waals surface area contributed by atoms with Crippen LogP contribution >= 0.6 is 34.8 Å². The molecule has 0 radical (unpaired) electrons. The lowest BCUT2D eigenvalue weighted by molar-refractivity contribution is 0.883. The van der Waals surface area contributed by atoms with Crippen LogP contribution in [0.2, 0.25) is 15.3 Å². The van der Waals surface area contributed by atoms with Crippen molar-refractivity contribution < 1.29 is 0 Å². The zero-order chi connectivity index (χ0) is 14.1. The SMILES string of the molecule is Clc1nc(-c2cccc(Cl)c2Cl)nc(N2CCCC2)n1. The highest BCUT2D eigenvalue weighted by Gasteiger charge is 2.18. The van der Waals surface area contributed by atoms with Gasteiger partial charge in [0.25, 0.3) is 0 Å². The zero-order valence-corrected chi connectivity index (χ0v) is 12.8. The summed E-state index contributed by atoms with van der Waals surface area (Å²) in [7, 11) is 0. The molecule has 0 aliphatic carbocycles. The highest BCUT2D eigenvalue weighted by molar-refractivity contribution is 6.43. The first-order valence-electron chi connectivity index (χ1n) is 6.26. The summed E-state index contributed by atoms with van der Waals surface area (Å²) >= 11 is 18.2. The third kappa shape index (κ3) is 2.68. The third-order valence-electron chi connectivity index (χ3n) is 3.18. The summed E-state index contributed by atoms with van der Waals surface area (Å²) in [5.74, 6) is 1.04. The molecule has 0 unspecified atom stereocenters. The summed E-state index contributed by atoms with van der Waals surface area (Å²) in [6.45, 7) is 1.87. The molecule has 2 aromatic rings. The molecular formula is C13H11Cl3N4. The largest absolute Gasteiger partial charge is 0.341 e. The number of hydrogen-bond acceptors (Lipinski definition) is 4. The quantitative estimate of drug-likeness (QED) is 0.832. The second kappa shape index (κ2) is 5.72. The van der Waals surface area contributed by atoms with Gasteiger partial charge in [-0.1, -0.05) is 29.3 Å². The highest BCUT2D eigenvalue weighted by Crippen LogP contribution is 2.32. The van der Waals surface area contributed by atoms with Crippen LogP contribution in [0.3, 0.4) is 0 Å². The predicted molar refractivity (Wildman–Crippen MR) is 81.7 cm³/mol. The molecule has 0 bridgehead atoms. The molecule has 1 fully saturated rings. The standard InChI is InChI=1S/C13H11Cl3N4/c14-9-5-3-4-8(10(9)15)11-17-12(16)19-13(18-11)20-6-1-2-7-20/h3-5H,1-2,6-7H2. The predicted octanol–water partition coefficient (Wildman–Crippen LogP) is 4.10. The van der Waals surface area contributed by atoms with Crippen LogP contribution in [0.4, 0.5) is 5.95 Å². The molecule has 0 amide bonds. The van der Waals surface area contributed by atoms with Crippen LogP contribution in [0, 0.1) is 0 Å². The van der Waals surface area contributed by atoms with Crippen LogP contribution in [0.15, 0.2) is 18.2 Å². The lowest BCUT2D eigenvalue weighted by atomic mass is 10.2. The number of benzene rings is 1. The smallest absolute Gasteiger partial charge is 0.230 e. The summed E-state index contributed by atoms with van der Waals surface area (Å²) in [5.41, 5.74) is 0.656. The Labute approximate surface area is 131 Å². The minimum atomic E-state index is 0.160. The van der Waals surface area contributed by atoms with Crippen molar-refractivity contribution in [2.45, 2.75) is 12.8 Å². The van der Waals surface area contributed by atoms with E-state index in [0.717, 1.165) is 25.9 Å². The van der Waals surface area contributed by atoms with Crippen molar-refractivity contribution in [2.24, 2.45) is 0 Å². The van der Waals surface area contributed by atoms with Gasteiger partial charge >= 0.3 is 0 Å². The fourth-order valence-corrected chi connectivity index (χ4v) is 2.74. The van der Waals surface area contributed by atoms with Crippen molar-refractivity contribution in [1.29, 1.82) is 0 Å². The van der Waals surface area contributed by atoms with E-state index in [-0.39, 0.29) is 5.28 Å². The third-order valence-corrected chi connectivity index (χ3v) is 4.17. The maximum absolute atomic E-state index is 6.20. The van der Waals surface area contributed by atoms with Gasteiger partial charge < -0.3 is 4.90 Å². The van der Waals surface area contributed by atoms with E-state index in [1.807, 2.05) is 6.07 Å². The van der Waals surface area contributed by atoms with Crippen molar-refractivity contribution in [1.82, 2.24) is 15.0 Å². The summed E-state index contributed by atoms with van der Waals surface area (Å²) in [5, 5.41) is 1.04. The van der Waals surface area contributed by atoms with Gasteiger partial charge in [-0.15, -0.1) is 0 Å². The molecule has 1 aliphatic heterocycles. The molecule has 4 nitrogen and oxygen atoms in total. The van der Waals surface area contributed by atoms with Gasteiger partial charge in [-0.2, -0.15) is 15.0 Å². The van der Waals surface area contributed by atoms with Gasteiger partial charge in [0.15, 0.2) is 5.82 Å². The normalized spacial score (nSPS) is 14.8. The Morgan fingerprint density at radius 1 is 0.950 bits per heavy atom. The maximum Gasteiger partial charge on any atom is 0.230 e. The molecule has 0 spiro atoms. The minimum absolute atomic E-state index is 0.160. The lowest BCUT2D eigenvalue weighted by Gasteiger charge is -2.15. The topological polar surface area (TPSA) is 41.9 Å². The number of nitrogens with zero attached hydrogens (tertiary/aromatic N) is 4. The van der Waals surface area contributed by atoms with Crippen LogP contribution in [0.5, 0.6) is 0 Å². The van der Waals surface area contributed by atoms with Gasteiger partial charge in [-0.25, -0.2) is 0 Å². The fraction of sp³-hybridized carbons (Fsp3) is 0.308. The first-order valence-corrected chi connectivity index (χ1v) is 7.39. The average Bonchev–Trinajstić information content (AvgIpc) is 2.95. The number of anilines is 1. The van der Waals surface area contributed by atoms with E-state index in [1.54, 1.807) is 12.1 Å². The van der Waals surface area contributed by atoms with Crippen molar-refractivity contribution in [3.63, 3.8) is 0 Å². The van der Waals surface area contributed by atoms with E-state index >= 15 is 0 Å². The summed E-state index contributed by atoms with van der Waals surface area (Å²) in [4.78, 5) is 14.9.